The lowest BCUT2D eigenvalue weighted by Crippen LogP contribution is -2.54. The van der Waals surface area contributed by atoms with E-state index >= 15 is 0 Å². The summed E-state index contributed by atoms with van der Waals surface area (Å²) in [4.78, 5) is 34.1. The van der Waals surface area contributed by atoms with Gasteiger partial charge in [0.15, 0.2) is 0 Å². The Hall–Kier alpha value is -1.67. The number of nitrogens with two attached hydrogens (primary N) is 1. The lowest BCUT2D eigenvalue weighted by atomic mass is 10.2. The SMILES string of the molecule is CNC(=O)[C@H](C)NC(=O)[C@H](C)NC(=O)[C@@H](N)CO. The van der Waals surface area contributed by atoms with Gasteiger partial charge in [0.25, 0.3) is 0 Å². The zero-order chi connectivity index (χ0) is 14.3. The maximum absolute atomic E-state index is 11.6. The number of hydrogen-bond donors (Lipinski definition) is 5. The molecule has 3 atom stereocenters. The lowest BCUT2D eigenvalue weighted by molar-refractivity contribution is -0.131. The van der Waals surface area contributed by atoms with Crippen molar-refractivity contribution in [3.63, 3.8) is 0 Å². The number of likely N-dealkylation sites (N-methyl/N-ethyl adjacent to an activating group) is 1. The molecule has 0 saturated heterocycles. The quantitative estimate of drug-likeness (QED) is 0.348. The predicted molar refractivity (Wildman–Crippen MR) is 64.3 cm³/mol. The summed E-state index contributed by atoms with van der Waals surface area (Å²) in [5.74, 6) is -1.48. The maximum Gasteiger partial charge on any atom is 0.242 e. The molecule has 0 aromatic carbocycles. The summed E-state index contributed by atoms with van der Waals surface area (Å²) in [7, 11) is 1.45. The van der Waals surface area contributed by atoms with E-state index in [0.29, 0.717) is 0 Å². The molecule has 0 rings (SSSR count). The van der Waals surface area contributed by atoms with E-state index in [1.165, 1.54) is 20.9 Å². The van der Waals surface area contributed by atoms with E-state index in [9.17, 15) is 14.4 Å². The second kappa shape index (κ2) is 7.62. The zero-order valence-electron chi connectivity index (χ0n) is 10.7. The van der Waals surface area contributed by atoms with Gasteiger partial charge in [-0.15, -0.1) is 0 Å². The number of carbonyl (C=O) groups is 3. The molecule has 0 aromatic heterocycles. The van der Waals surface area contributed by atoms with E-state index in [-0.39, 0.29) is 5.91 Å². The first-order chi connectivity index (χ1) is 8.33. The minimum Gasteiger partial charge on any atom is -0.394 e. The first-order valence-corrected chi connectivity index (χ1v) is 5.52. The Labute approximate surface area is 105 Å². The number of carbonyl (C=O) groups excluding carboxylic acids is 3. The largest absolute Gasteiger partial charge is 0.394 e. The highest BCUT2D eigenvalue weighted by atomic mass is 16.3. The molecule has 0 aromatic rings. The highest BCUT2D eigenvalue weighted by molar-refractivity contribution is 5.92. The van der Waals surface area contributed by atoms with Crippen molar-refractivity contribution < 1.29 is 19.5 Å². The first kappa shape index (κ1) is 16.3. The summed E-state index contributed by atoms with van der Waals surface area (Å²) in [6.45, 7) is 2.47. The number of rotatable bonds is 6. The molecule has 0 unspecified atom stereocenters. The molecular weight excluding hydrogens is 240 g/mol. The summed E-state index contributed by atoms with van der Waals surface area (Å²) in [5.41, 5.74) is 5.28. The standard InChI is InChI=1S/C10H20N4O4/c1-5(8(16)12-3)13-9(17)6(2)14-10(18)7(11)4-15/h5-7,15H,4,11H2,1-3H3,(H,12,16)(H,13,17)(H,14,18)/t5-,6-,7-/m0/s1. The van der Waals surface area contributed by atoms with Gasteiger partial charge in [-0.05, 0) is 13.8 Å². The monoisotopic (exact) mass is 260 g/mol. The van der Waals surface area contributed by atoms with Crippen molar-refractivity contribution in [1.82, 2.24) is 16.0 Å². The molecule has 104 valence electrons. The topological polar surface area (TPSA) is 134 Å². The Bertz CT molecular complexity index is 321. The van der Waals surface area contributed by atoms with Crippen LogP contribution < -0.4 is 21.7 Å². The smallest absolute Gasteiger partial charge is 0.242 e. The van der Waals surface area contributed by atoms with E-state index in [1.54, 1.807) is 0 Å². The number of aliphatic hydroxyl groups is 1. The van der Waals surface area contributed by atoms with Crippen molar-refractivity contribution >= 4 is 17.7 Å². The van der Waals surface area contributed by atoms with E-state index in [4.69, 9.17) is 10.8 Å². The van der Waals surface area contributed by atoms with Crippen molar-refractivity contribution in [3.05, 3.63) is 0 Å². The number of nitrogens with one attached hydrogen (secondary N) is 3. The van der Waals surface area contributed by atoms with E-state index in [1.807, 2.05) is 0 Å². The van der Waals surface area contributed by atoms with Gasteiger partial charge < -0.3 is 26.8 Å². The molecule has 3 amide bonds. The third-order valence-electron chi connectivity index (χ3n) is 2.28. The summed E-state index contributed by atoms with van der Waals surface area (Å²) in [5, 5.41) is 15.8. The molecule has 6 N–H and O–H groups in total. The fraction of sp³-hybridized carbons (Fsp3) is 0.700. The van der Waals surface area contributed by atoms with E-state index in [0.717, 1.165) is 0 Å². The number of hydrogen-bond acceptors (Lipinski definition) is 5. The normalized spacial score (nSPS) is 15.2. The second-order valence-electron chi connectivity index (χ2n) is 3.86. The van der Waals surface area contributed by atoms with Gasteiger partial charge in [-0.1, -0.05) is 0 Å². The maximum atomic E-state index is 11.6. The van der Waals surface area contributed by atoms with Gasteiger partial charge in [-0.3, -0.25) is 14.4 Å². The predicted octanol–water partition coefficient (Wildman–Crippen LogP) is -2.94. The van der Waals surface area contributed by atoms with Crippen LogP contribution >= 0.6 is 0 Å². The van der Waals surface area contributed by atoms with Crippen molar-refractivity contribution in [1.29, 1.82) is 0 Å². The highest BCUT2D eigenvalue weighted by Gasteiger charge is 2.22. The molecule has 0 saturated carbocycles. The van der Waals surface area contributed by atoms with Gasteiger partial charge >= 0.3 is 0 Å². The molecule has 0 bridgehead atoms. The first-order valence-electron chi connectivity index (χ1n) is 5.52. The Balaban J connectivity index is 4.27. The number of amides is 3. The van der Waals surface area contributed by atoms with E-state index < -0.39 is 36.5 Å². The molecule has 0 aliphatic heterocycles. The van der Waals surface area contributed by atoms with Gasteiger partial charge in [-0.2, -0.15) is 0 Å². The third-order valence-corrected chi connectivity index (χ3v) is 2.28. The van der Waals surface area contributed by atoms with Crippen LogP contribution in [-0.2, 0) is 14.4 Å². The van der Waals surface area contributed by atoms with Gasteiger partial charge in [0, 0.05) is 7.05 Å². The summed E-state index contributed by atoms with van der Waals surface area (Å²) in [6, 6.07) is -2.62. The molecule has 0 heterocycles. The Morgan fingerprint density at radius 2 is 1.50 bits per heavy atom. The molecule has 18 heavy (non-hydrogen) atoms. The minimum atomic E-state index is -1.07. The van der Waals surface area contributed by atoms with Crippen LogP contribution in [0.15, 0.2) is 0 Å². The van der Waals surface area contributed by atoms with Gasteiger partial charge in [0.2, 0.25) is 17.7 Å². The fourth-order valence-corrected chi connectivity index (χ4v) is 1.09. The lowest BCUT2D eigenvalue weighted by Gasteiger charge is -2.18. The van der Waals surface area contributed by atoms with Crippen LogP contribution in [-0.4, -0.2) is 54.6 Å². The average Bonchev–Trinajstić information content (AvgIpc) is 2.35. The average molecular weight is 260 g/mol. The summed E-state index contributed by atoms with van der Waals surface area (Å²) in [6.07, 6.45) is 0. The molecule has 8 heteroatoms. The third kappa shape index (κ3) is 5.11. The van der Waals surface area contributed by atoms with Gasteiger partial charge in [-0.25, -0.2) is 0 Å². The van der Waals surface area contributed by atoms with Crippen molar-refractivity contribution in [2.75, 3.05) is 13.7 Å². The molecule has 0 aliphatic carbocycles. The molecule has 0 fully saturated rings. The zero-order valence-corrected chi connectivity index (χ0v) is 10.7. The number of aliphatic hydroxyl groups excluding tert-OH is 1. The molecule has 0 radical (unpaired) electrons. The van der Waals surface area contributed by atoms with Crippen LogP contribution in [0.4, 0.5) is 0 Å². The van der Waals surface area contributed by atoms with Crippen LogP contribution in [0.25, 0.3) is 0 Å². The van der Waals surface area contributed by atoms with Gasteiger partial charge in [0.1, 0.15) is 18.1 Å². The van der Waals surface area contributed by atoms with Crippen LogP contribution in [0.1, 0.15) is 13.8 Å². The summed E-state index contributed by atoms with van der Waals surface area (Å²) < 4.78 is 0. The summed E-state index contributed by atoms with van der Waals surface area (Å²) >= 11 is 0. The van der Waals surface area contributed by atoms with Crippen LogP contribution in [0, 0.1) is 0 Å². The minimum absolute atomic E-state index is 0.339. The van der Waals surface area contributed by atoms with E-state index in [2.05, 4.69) is 16.0 Å². The van der Waals surface area contributed by atoms with Crippen LogP contribution in [0.2, 0.25) is 0 Å². The molecule has 0 aliphatic rings. The Kier molecular flexibility index (Phi) is 6.91. The van der Waals surface area contributed by atoms with Gasteiger partial charge in [0.05, 0.1) is 6.61 Å². The molecule has 0 spiro atoms. The molecule has 8 nitrogen and oxygen atoms in total. The van der Waals surface area contributed by atoms with Crippen molar-refractivity contribution in [2.45, 2.75) is 32.0 Å². The van der Waals surface area contributed by atoms with Crippen molar-refractivity contribution in [3.8, 4) is 0 Å². The Morgan fingerprint density at radius 1 is 1.06 bits per heavy atom. The second-order valence-corrected chi connectivity index (χ2v) is 3.86. The Morgan fingerprint density at radius 3 is 1.94 bits per heavy atom. The van der Waals surface area contributed by atoms with Crippen LogP contribution in [0.3, 0.4) is 0 Å². The highest BCUT2D eigenvalue weighted by Crippen LogP contribution is 1.88. The fourth-order valence-electron chi connectivity index (χ4n) is 1.09. The van der Waals surface area contributed by atoms with Crippen molar-refractivity contribution in [2.24, 2.45) is 5.73 Å². The molecular formula is C10H20N4O4. The van der Waals surface area contributed by atoms with Crippen LogP contribution in [0.5, 0.6) is 0 Å².